The summed E-state index contributed by atoms with van der Waals surface area (Å²) in [6.07, 6.45) is 9.73. The van der Waals surface area contributed by atoms with Gasteiger partial charge in [0, 0.05) is 38.5 Å². The molecule has 1 aromatic heterocycles. The van der Waals surface area contributed by atoms with Crippen molar-refractivity contribution in [1.29, 1.82) is 0 Å². The van der Waals surface area contributed by atoms with Crippen LogP contribution < -0.4 is 4.90 Å². The zero-order chi connectivity index (χ0) is 16.4. The van der Waals surface area contributed by atoms with E-state index >= 15 is 0 Å². The molecule has 3 fully saturated rings. The van der Waals surface area contributed by atoms with Gasteiger partial charge in [0.2, 0.25) is 5.91 Å². The van der Waals surface area contributed by atoms with Crippen molar-refractivity contribution in [3.8, 4) is 0 Å². The molecule has 5 nitrogen and oxygen atoms in total. The molecule has 5 heteroatoms. The van der Waals surface area contributed by atoms with Gasteiger partial charge in [0.1, 0.15) is 0 Å². The number of amides is 1. The van der Waals surface area contributed by atoms with Crippen molar-refractivity contribution in [3.05, 3.63) is 17.8 Å². The first-order valence-electron chi connectivity index (χ1n) is 9.66. The standard InChI is InChI=1S/C19H28N4O/c24-19(14-15-4-2-1-3-5-15)23-12-10-22(11-13-23)18-9-8-17(20-21-18)16-6-7-16/h8-9,15-16H,1-7,10-14H2. The lowest BCUT2D eigenvalue weighted by atomic mass is 9.86. The Kier molecular flexibility index (Phi) is 4.67. The van der Waals surface area contributed by atoms with Gasteiger partial charge in [-0.05, 0) is 43.7 Å². The molecular weight excluding hydrogens is 300 g/mol. The molecule has 0 unspecified atom stereocenters. The normalized spacial score (nSPS) is 22.7. The van der Waals surface area contributed by atoms with E-state index in [1.807, 2.05) is 0 Å². The lowest BCUT2D eigenvalue weighted by Gasteiger charge is -2.36. The number of anilines is 1. The molecule has 1 amide bonds. The Hall–Kier alpha value is -1.65. The van der Waals surface area contributed by atoms with E-state index in [0.717, 1.165) is 44.1 Å². The van der Waals surface area contributed by atoms with Crippen LogP contribution in [0.2, 0.25) is 0 Å². The highest BCUT2D eigenvalue weighted by atomic mass is 16.2. The molecule has 3 aliphatic rings. The highest BCUT2D eigenvalue weighted by Crippen LogP contribution is 2.38. The number of carbonyl (C=O) groups is 1. The minimum atomic E-state index is 0.358. The van der Waals surface area contributed by atoms with E-state index in [4.69, 9.17) is 0 Å². The molecule has 0 atom stereocenters. The summed E-state index contributed by atoms with van der Waals surface area (Å²) in [5.41, 5.74) is 1.14. The topological polar surface area (TPSA) is 49.3 Å². The average Bonchev–Trinajstić information content (AvgIpc) is 3.48. The molecule has 2 aliphatic carbocycles. The first-order chi connectivity index (χ1) is 11.8. The van der Waals surface area contributed by atoms with Crippen LogP contribution in [0.3, 0.4) is 0 Å². The van der Waals surface area contributed by atoms with Gasteiger partial charge in [-0.25, -0.2) is 0 Å². The second-order valence-corrected chi connectivity index (χ2v) is 7.67. The van der Waals surface area contributed by atoms with E-state index in [9.17, 15) is 4.79 Å². The summed E-state index contributed by atoms with van der Waals surface area (Å²) < 4.78 is 0. The number of nitrogens with zero attached hydrogens (tertiary/aromatic N) is 4. The maximum Gasteiger partial charge on any atom is 0.222 e. The van der Waals surface area contributed by atoms with E-state index in [-0.39, 0.29) is 0 Å². The van der Waals surface area contributed by atoms with Crippen LogP contribution in [-0.2, 0) is 4.79 Å². The van der Waals surface area contributed by atoms with Crippen molar-refractivity contribution < 1.29 is 4.79 Å². The Morgan fingerprint density at radius 1 is 0.958 bits per heavy atom. The van der Waals surface area contributed by atoms with Crippen LogP contribution in [0.15, 0.2) is 12.1 Å². The molecule has 2 saturated carbocycles. The van der Waals surface area contributed by atoms with E-state index < -0.39 is 0 Å². The van der Waals surface area contributed by atoms with Crippen molar-refractivity contribution in [2.24, 2.45) is 5.92 Å². The molecule has 2 heterocycles. The van der Waals surface area contributed by atoms with Gasteiger partial charge in [0.25, 0.3) is 0 Å². The molecule has 1 aliphatic heterocycles. The zero-order valence-electron chi connectivity index (χ0n) is 14.5. The average molecular weight is 328 g/mol. The third kappa shape index (κ3) is 3.70. The molecule has 4 rings (SSSR count). The van der Waals surface area contributed by atoms with Crippen LogP contribution >= 0.6 is 0 Å². The van der Waals surface area contributed by atoms with Crippen LogP contribution in [0, 0.1) is 5.92 Å². The number of piperazine rings is 1. The second-order valence-electron chi connectivity index (χ2n) is 7.67. The molecule has 1 saturated heterocycles. The number of hydrogen-bond acceptors (Lipinski definition) is 4. The second kappa shape index (κ2) is 7.08. The molecule has 0 spiro atoms. The number of carbonyl (C=O) groups excluding carboxylic acids is 1. The first-order valence-corrected chi connectivity index (χ1v) is 9.66. The van der Waals surface area contributed by atoms with Crippen LogP contribution in [0.4, 0.5) is 5.82 Å². The van der Waals surface area contributed by atoms with Gasteiger partial charge >= 0.3 is 0 Å². The van der Waals surface area contributed by atoms with Gasteiger partial charge in [0.15, 0.2) is 5.82 Å². The third-order valence-electron chi connectivity index (χ3n) is 5.81. The van der Waals surface area contributed by atoms with E-state index in [1.54, 1.807) is 0 Å². The first kappa shape index (κ1) is 15.9. The molecule has 0 radical (unpaired) electrons. The minimum Gasteiger partial charge on any atom is -0.352 e. The maximum absolute atomic E-state index is 12.5. The summed E-state index contributed by atoms with van der Waals surface area (Å²) in [5, 5.41) is 8.77. The number of rotatable bonds is 4. The Bertz CT molecular complexity index is 555. The largest absolute Gasteiger partial charge is 0.352 e. The monoisotopic (exact) mass is 328 g/mol. The van der Waals surface area contributed by atoms with Crippen LogP contribution in [0.25, 0.3) is 0 Å². The number of hydrogen-bond donors (Lipinski definition) is 0. The maximum atomic E-state index is 12.5. The summed E-state index contributed by atoms with van der Waals surface area (Å²) in [6.45, 7) is 3.37. The minimum absolute atomic E-state index is 0.358. The summed E-state index contributed by atoms with van der Waals surface area (Å²) >= 11 is 0. The smallest absolute Gasteiger partial charge is 0.222 e. The highest BCUT2D eigenvalue weighted by molar-refractivity contribution is 5.76. The Morgan fingerprint density at radius 2 is 1.71 bits per heavy atom. The quantitative estimate of drug-likeness (QED) is 0.852. The molecule has 24 heavy (non-hydrogen) atoms. The third-order valence-corrected chi connectivity index (χ3v) is 5.81. The van der Waals surface area contributed by atoms with Gasteiger partial charge in [-0.15, -0.1) is 5.10 Å². The summed E-state index contributed by atoms with van der Waals surface area (Å²) in [4.78, 5) is 16.8. The van der Waals surface area contributed by atoms with E-state index in [1.165, 1.54) is 44.9 Å². The lowest BCUT2D eigenvalue weighted by Crippen LogP contribution is -2.49. The van der Waals surface area contributed by atoms with Gasteiger partial charge in [-0.2, -0.15) is 5.10 Å². The fraction of sp³-hybridized carbons (Fsp3) is 0.737. The fourth-order valence-electron chi connectivity index (χ4n) is 4.05. The van der Waals surface area contributed by atoms with E-state index in [0.29, 0.717) is 17.7 Å². The van der Waals surface area contributed by atoms with Crippen LogP contribution in [-0.4, -0.2) is 47.2 Å². The summed E-state index contributed by atoms with van der Waals surface area (Å²) in [7, 11) is 0. The molecule has 130 valence electrons. The molecule has 0 N–H and O–H groups in total. The highest BCUT2D eigenvalue weighted by Gasteiger charge is 2.27. The predicted octanol–water partition coefficient (Wildman–Crippen LogP) is 2.97. The summed E-state index contributed by atoms with van der Waals surface area (Å²) in [6, 6.07) is 4.22. The molecular formula is C19H28N4O. The van der Waals surface area contributed by atoms with Crippen molar-refractivity contribution in [2.75, 3.05) is 31.1 Å². The van der Waals surface area contributed by atoms with Gasteiger partial charge in [-0.1, -0.05) is 19.3 Å². The zero-order valence-corrected chi connectivity index (χ0v) is 14.5. The van der Waals surface area contributed by atoms with Crippen molar-refractivity contribution >= 4 is 11.7 Å². The number of aromatic nitrogens is 2. The van der Waals surface area contributed by atoms with Gasteiger partial charge < -0.3 is 9.80 Å². The van der Waals surface area contributed by atoms with E-state index in [2.05, 4.69) is 32.1 Å². The molecule has 0 aromatic carbocycles. The molecule has 1 aromatic rings. The van der Waals surface area contributed by atoms with Crippen molar-refractivity contribution in [2.45, 2.75) is 57.3 Å². The lowest BCUT2D eigenvalue weighted by molar-refractivity contribution is -0.132. The Morgan fingerprint density at radius 3 is 2.33 bits per heavy atom. The SMILES string of the molecule is O=C(CC1CCCCC1)N1CCN(c2ccc(C3CC3)nn2)CC1. The summed E-state index contributed by atoms with van der Waals surface area (Å²) in [5.74, 6) is 2.60. The van der Waals surface area contributed by atoms with Crippen LogP contribution in [0.1, 0.15) is 63.0 Å². The van der Waals surface area contributed by atoms with Gasteiger partial charge in [-0.3, -0.25) is 4.79 Å². The Labute approximate surface area is 144 Å². The fourth-order valence-corrected chi connectivity index (χ4v) is 4.05. The Balaban J connectivity index is 1.27. The molecule has 0 bridgehead atoms. The predicted molar refractivity (Wildman–Crippen MR) is 94.0 cm³/mol. The van der Waals surface area contributed by atoms with Gasteiger partial charge in [0.05, 0.1) is 5.69 Å². The van der Waals surface area contributed by atoms with Crippen molar-refractivity contribution in [1.82, 2.24) is 15.1 Å². The van der Waals surface area contributed by atoms with Crippen LogP contribution in [0.5, 0.6) is 0 Å². The van der Waals surface area contributed by atoms with Crippen molar-refractivity contribution in [3.63, 3.8) is 0 Å².